The van der Waals surface area contributed by atoms with Gasteiger partial charge in [-0.15, -0.1) is 0 Å². The molecule has 0 radical (unpaired) electrons. The highest BCUT2D eigenvalue weighted by molar-refractivity contribution is 5.34. The van der Waals surface area contributed by atoms with Gasteiger partial charge in [0.05, 0.1) is 26.2 Å². The molecule has 1 unspecified atom stereocenters. The molecule has 1 aromatic rings. The molecule has 1 saturated heterocycles. The fourth-order valence-corrected chi connectivity index (χ4v) is 3.40. The molecular formula is C17H26NO+. The molecule has 19 heavy (non-hydrogen) atoms. The second-order valence-corrected chi connectivity index (χ2v) is 5.88. The molecule has 0 aliphatic carbocycles. The van der Waals surface area contributed by atoms with Gasteiger partial charge < -0.3 is 9.64 Å². The summed E-state index contributed by atoms with van der Waals surface area (Å²) in [6.07, 6.45) is 4.58. The Morgan fingerprint density at radius 3 is 3.00 bits per heavy atom. The summed E-state index contributed by atoms with van der Waals surface area (Å²) in [6, 6.07) is 9.18. The lowest BCUT2D eigenvalue weighted by Crippen LogP contribution is -3.18. The van der Waals surface area contributed by atoms with Gasteiger partial charge in [-0.2, -0.15) is 0 Å². The van der Waals surface area contributed by atoms with Crippen LogP contribution in [-0.2, 0) is 5.41 Å². The van der Waals surface area contributed by atoms with E-state index in [1.54, 1.807) is 12.0 Å². The molecule has 2 rings (SSSR count). The van der Waals surface area contributed by atoms with Crippen molar-refractivity contribution >= 4 is 0 Å². The van der Waals surface area contributed by atoms with Crippen LogP contribution in [0.15, 0.2) is 36.9 Å². The van der Waals surface area contributed by atoms with Crippen LogP contribution in [0.25, 0.3) is 0 Å². The van der Waals surface area contributed by atoms with Crippen LogP contribution in [-0.4, -0.2) is 26.2 Å². The summed E-state index contributed by atoms with van der Waals surface area (Å²) in [5, 5.41) is 0. The Morgan fingerprint density at radius 1 is 1.53 bits per heavy atom. The summed E-state index contributed by atoms with van der Waals surface area (Å²) >= 11 is 0. The van der Waals surface area contributed by atoms with Gasteiger partial charge in [0.15, 0.2) is 0 Å². The van der Waals surface area contributed by atoms with E-state index in [2.05, 4.69) is 38.6 Å². The molecule has 1 aliphatic heterocycles. The molecule has 0 saturated carbocycles. The predicted octanol–water partition coefficient (Wildman–Crippen LogP) is 2.21. The molecule has 104 valence electrons. The first kappa shape index (κ1) is 14.1. The fraction of sp³-hybridized carbons (Fsp3) is 0.529. The van der Waals surface area contributed by atoms with E-state index >= 15 is 0 Å². The standard InChI is InChI=1S/C17H25NO/c1-5-11-18-12-7-10-17(3,14(18)2)15-8-6-9-16(13-15)19-4/h5-6,8-9,13-14H,1,7,10-12H2,2-4H3/p+1/t14-,17-/m0/s1. The van der Waals surface area contributed by atoms with Gasteiger partial charge in [-0.25, -0.2) is 0 Å². The molecule has 1 fully saturated rings. The fourth-order valence-electron chi connectivity index (χ4n) is 3.40. The van der Waals surface area contributed by atoms with Gasteiger partial charge in [0, 0.05) is 5.41 Å². The Bertz CT molecular complexity index is 443. The van der Waals surface area contributed by atoms with Crippen molar-refractivity contribution in [2.24, 2.45) is 0 Å². The van der Waals surface area contributed by atoms with Crippen LogP contribution < -0.4 is 9.64 Å². The zero-order valence-corrected chi connectivity index (χ0v) is 12.4. The van der Waals surface area contributed by atoms with E-state index < -0.39 is 0 Å². The zero-order chi connectivity index (χ0) is 13.9. The van der Waals surface area contributed by atoms with E-state index in [0.717, 1.165) is 12.3 Å². The number of quaternary nitrogens is 1. The maximum Gasteiger partial charge on any atom is 0.119 e. The smallest absolute Gasteiger partial charge is 0.119 e. The number of likely N-dealkylation sites (tertiary alicyclic amines) is 1. The first-order chi connectivity index (χ1) is 9.11. The van der Waals surface area contributed by atoms with Crippen molar-refractivity contribution in [1.29, 1.82) is 0 Å². The minimum absolute atomic E-state index is 0.227. The summed E-state index contributed by atoms with van der Waals surface area (Å²) in [5.74, 6) is 0.960. The van der Waals surface area contributed by atoms with E-state index in [0.29, 0.717) is 6.04 Å². The lowest BCUT2D eigenvalue weighted by atomic mass is 9.70. The normalized spacial score (nSPS) is 30.9. The third kappa shape index (κ3) is 2.69. The van der Waals surface area contributed by atoms with Crippen molar-refractivity contribution in [2.45, 2.75) is 38.1 Å². The average molecular weight is 260 g/mol. The zero-order valence-electron chi connectivity index (χ0n) is 12.4. The highest BCUT2D eigenvalue weighted by Crippen LogP contribution is 2.34. The molecule has 1 aliphatic rings. The number of rotatable bonds is 4. The summed E-state index contributed by atoms with van der Waals surface area (Å²) in [6.45, 7) is 11.0. The lowest BCUT2D eigenvalue weighted by molar-refractivity contribution is -0.928. The van der Waals surface area contributed by atoms with E-state index in [1.165, 1.54) is 24.9 Å². The monoisotopic (exact) mass is 260 g/mol. The van der Waals surface area contributed by atoms with Crippen molar-refractivity contribution in [2.75, 3.05) is 20.2 Å². The Labute approximate surface area is 117 Å². The Hall–Kier alpha value is -1.28. The largest absolute Gasteiger partial charge is 0.497 e. The highest BCUT2D eigenvalue weighted by atomic mass is 16.5. The molecule has 1 heterocycles. The number of nitrogens with one attached hydrogen (secondary N) is 1. The number of hydrogen-bond acceptors (Lipinski definition) is 1. The maximum absolute atomic E-state index is 5.38. The van der Waals surface area contributed by atoms with Gasteiger partial charge in [0.2, 0.25) is 0 Å². The number of benzene rings is 1. The highest BCUT2D eigenvalue weighted by Gasteiger charge is 2.42. The Morgan fingerprint density at radius 2 is 2.32 bits per heavy atom. The summed E-state index contributed by atoms with van der Waals surface area (Å²) in [4.78, 5) is 1.64. The number of ether oxygens (including phenoxy) is 1. The van der Waals surface area contributed by atoms with Gasteiger partial charge in [0.1, 0.15) is 5.75 Å². The van der Waals surface area contributed by atoms with Crippen LogP contribution in [0.5, 0.6) is 5.75 Å². The molecule has 3 atom stereocenters. The van der Waals surface area contributed by atoms with Gasteiger partial charge >= 0.3 is 0 Å². The van der Waals surface area contributed by atoms with Crippen LogP contribution >= 0.6 is 0 Å². The first-order valence-corrected chi connectivity index (χ1v) is 7.22. The van der Waals surface area contributed by atoms with Gasteiger partial charge in [0.25, 0.3) is 0 Å². The molecule has 0 amide bonds. The van der Waals surface area contributed by atoms with E-state index in [9.17, 15) is 0 Å². The van der Waals surface area contributed by atoms with Crippen molar-refractivity contribution < 1.29 is 9.64 Å². The Kier molecular flexibility index (Phi) is 4.31. The topological polar surface area (TPSA) is 13.7 Å². The van der Waals surface area contributed by atoms with E-state index in [1.807, 2.05) is 12.1 Å². The van der Waals surface area contributed by atoms with Crippen LogP contribution in [0, 0.1) is 0 Å². The third-order valence-corrected chi connectivity index (χ3v) is 4.90. The molecule has 0 aromatic heterocycles. The molecular weight excluding hydrogens is 234 g/mol. The minimum Gasteiger partial charge on any atom is -0.497 e. The summed E-state index contributed by atoms with van der Waals surface area (Å²) in [7, 11) is 1.74. The maximum atomic E-state index is 5.38. The van der Waals surface area contributed by atoms with Gasteiger partial charge in [-0.3, -0.25) is 0 Å². The number of piperidine rings is 1. The summed E-state index contributed by atoms with van der Waals surface area (Å²) < 4.78 is 5.38. The first-order valence-electron chi connectivity index (χ1n) is 7.22. The second kappa shape index (κ2) is 5.79. The predicted molar refractivity (Wildman–Crippen MR) is 79.9 cm³/mol. The van der Waals surface area contributed by atoms with Crippen molar-refractivity contribution in [3.63, 3.8) is 0 Å². The van der Waals surface area contributed by atoms with Crippen LogP contribution in [0.3, 0.4) is 0 Å². The molecule has 1 N–H and O–H groups in total. The van der Waals surface area contributed by atoms with E-state index in [4.69, 9.17) is 4.74 Å². The van der Waals surface area contributed by atoms with E-state index in [-0.39, 0.29) is 5.41 Å². The molecule has 0 bridgehead atoms. The molecule has 2 nitrogen and oxygen atoms in total. The van der Waals surface area contributed by atoms with Crippen LogP contribution in [0.4, 0.5) is 0 Å². The van der Waals surface area contributed by atoms with Crippen LogP contribution in [0.1, 0.15) is 32.3 Å². The number of hydrogen-bond donors (Lipinski definition) is 1. The molecule has 1 aromatic carbocycles. The van der Waals surface area contributed by atoms with Gasteiger partial charge in [-0.05, 0) is 50.5 Å². The second-order valence-electron chi connectivity index (χ2n) is 5.88. The summed E-state index contributed by atoms with van der Waals surface area (Å²) in [5.41, 5.74) is 1.63. The van der Waals surface area contributed by atoms with Crippen LogP contribution in [0.2, 0.25) is 0 Å². The SMILES string of the molecule is C=CC[NH+]1CCC[C@](C)(c2cccc(OC)c2)[C@@H]1C. The molecule has 0 spiro atoms. The van der Waals surface area contributed by atoms with Gasteiger partial charge in [-0.1, -0.05) is 18.7 Å². The quantitative estimate of drug-likeness (QED) is 0.820. The average Bonchev–Trinajstić information content (AvgIpc) is 2.44. The Balaban J connectivity index is 2.31. The third-order valence-electron chi connectivity index (χ3n) is 4.90. The van der Waals surface area contributed by atoms with Crippen molar-refractivity contribution in [3.05, 3.63) is 42.5 Å². The minimum atomic E-state index is 0.227. The molecule has 2 heteroatoms. The number of methoxy groups -OCH3 is 1. The van der Waals surface area contributed by atoms with Crippen molar-refractivity contribution in [1.82, 2.24) is 0 Å². The lowest BCUT2D eigenvalue weighted by Gasteiger charge is -2.44. The van der Waals surface area contributed by atoms with Crippen molar-refractivity contribution in [3.8, 4) is 5.75 Å².